The van der Waals surface area contributed by atoms with E-state index in [2.05, 4.69) is 27.1 Å². The summed E-state index contributed by atoms with van der Waals surface area (Å²) < 4.78 is 40.4. The summed E-state index contributed by atoms with van der Waals surface area (Å²) in [6.07, 6.45) is 0.574. The third-order valence-electron chi connectivity index (χ3n) is 6.52. The van der Waals surface area contributed by atoms with Gasteiger partial charge in [0.15, 0.2) is 0 Å². The zero-order valence-electron chi connectivity index (χ0n) is 20.0. The maximum Gasteiger partial charge on any atom is 0.416 e. The van der Waals surface area contributed by atoms with Crippen LogP contribution in [-0.2, 0) is 6.18 Å². The van der Waals surface area contributed by atoms with Crippen molar-refractivity contribution < 1.29 is 13.2 Å². The first kappa shape index (κ1) is 23.9. The quantitative estimate of drug-likeness (QED) is 0.297. The van der Waals surface area contributed by atoms with Crippen LogP contribution >= 0.6 is 0 Å². The molecule has 0 bridgehead atoms. The molecule has 0 saturated carbocycles. The molecule has 0 radical (unpaired) electrons. The first-order valence-corrected chi connectivity index (χ1v) is 12.2. The molecule has 2 aromatic heterocycles. The summed E-state index contributed by atoms with van der Waals surface area (Å²) >= 11 is 0. The van der Waals surface area contributed by atoms with Crippen molar-refractivity contribution in [3.8, 4) is 22.5 Å². The zero-order chi connectivity index (χ0) is 25.1. The summed E-state index contributed by atoms with van der Waals surface area (Å²) in [6, 6.07) is 19.2. The number of aromatic amines is 1. The molecule has 3 heterocycles. The lowest BCUT2D eigenvalue weighted by molar-refractivity contribution is -0.137. The Morgan fingerprint density at radius 2 is 1.69 bits per heavy atom. The number of benzene rings is 2. The van der Waals surface area contributed by atoms with Crippen LogP contribution in [0.4, 0.5) is 24.9 Å². The fourth-order valence-corrected chi connectivity index (χ4v) is 4.59. The number of aromatic nitrogens is 3. The maximum atomic E-state index is 13.5. The molecular weight excluding hydrogens is 463 g/mol. The summed E-state index contributed by atoms with van der Waals surface area (Å²) in [5, 5.41) is 3.42. The summed E-state index contributed by atoms with van der Waals surface area (Å²) in [5.74, 6) is 1.36. The molecule has 8 heteroatoms. The van der Waals surface area contributed by atoms with E-state index in [1.807, 2.05) is 42.5 Å². The molecule has 2 aromatic carbocycles. The number of nitrogens with zero attached hydrogens (tertiary/aromatic N) is 3. The SMILES string of the molecule is CC(Nc1cc(-c2[nH]c(N3CCCCC3)nc2-c2cccc(C(F)(F)F)c2)ccn1)c1ccccc1. The third kappa shape index (κ3) is 5.22. The number of nitrogens with one attached hydrogen (secondary N) is 2. The van der Waals surface area contributed by atoms with Gasteiger partial charge in [0.05, 0.1) is 17.0 Å². The van der Waals surface area contributed by atoms with Crippen LogP contribution in [0.25, 0.3) is 22.5 Å². The maximum absolute atomic E-state index is 13.5. The number of piperidine rings is 1. The average molecular weight is 492 g/mol. The zero-order valence-corrected chi connectivity index (χ0v) is 20.0. The molecule has 36 heavy (non-hydrogen) atoms. The lowest BCUT2D eigenvalue weighted by atomic mass is 10.0. The Hall–Kier alpha value is -3.81. The minimum absolute atomic E-state index is 0.0302. The van der Waals surface area contributed by atoms with Crippen LogP contribution < -0.4 is 10.2 Å². The van der Waals surface area contributed by atoms with Crippen molar-refractivity contribution >= 4 is 11.8 Å². The second kappa shape index (κ2) is 10.0. The molecule has 1 aliphatic rings. The molecule has 2 N–H and O–H groups in total. The van der Waals surface area contributed by atoms with E-state index in [0.717, 1.165) is 49.2 Å². The Kier molecular flexibility index (Phi) is 6.67. The number of alkyl halides is 3. The molecule has 4 aromatic rings. The molecule has 0 aliphatic carbocycles. The largest absolute Gasteiger partial charge is 0.416 e. The van der Waals surface area contributed by atoms with Crippen molar-refractivity contribution in [3.05, 3.63) is 84.1 Å². The molecule has 186 valence electrons. The predicted octanol–water partition coefficient (Wildman–Crippen LogP) is 7.32. The summed E-state index contributed by atoms with van der Waals surface area (Å²) in [4.78, 5) is 14.9. The molecule has 5 nitrogen and oxygen atoms in total. The lowest BCUT2D eigenvalue weighted by Gasteiger charge is -2.26. The van der Waals surface area contributed by atoms with Crippen molar-refractivity contribution in [1.82, 2.24) is 15.0 Å². The lowest BCUT2D eigenvalue weighted by Crippen LogP contribution is -2.30. The van der Waals surface area contributed by atoms with Crippen LogP contribution in [0.15, 0.2) is 72.9 Å². The van der Waals surface area contributed by atoms with Gasteiger partial charge in [0.1, 0.15) is 5.82 Å². The number of hydrogen-bond acceptors (Lipinski definition) is 4. The minimum Gasteiger partial charge on any atom is -0.364 e. The van der Waals surface area contributed by atoms with Gasteiger partial charge in [-0.25, -0.2) is 9.97 Å². The number of pyridine rings is 1. The van der Waals surface area contributed by atoms with Gasteiger partial charge in [-0.3, -0.25) is 0 Å². The van der Waals surface area contributed by atoms with E-state index in [9.17, 15) is 13.2 Å². The van der Waals surface area contributed by atoms with E-state index in [1.165, 1.54) is 12.5 Å². The van der Waals surface area contributed by atoms with Gasteiger partial charge in [0, 0.05) is 36.5 Å². The standard InChI is InChI=1S/C28H28F3N5/c1-19(20-9-4-2-5-10-20)33-24-18-22(13-14-32-24)26-25(21-11-8-12-23(17-21)28(29,30)31)34-27(35-26)36-15-6-3-7-16-36/h2,4-5,8-14,17-19H,3,6-7,15-16H2,1H3,(H,32,33)(H,34,35). The third-order valence-corrected chi connectivity index (χ3v) is 6.52. The summed E-state index contributed by atoms with van der Waals surface area (Å²) in [5.41, 5.74) is 2.83. The van der Waals surface area contributed by atoms with Crippen molar-refractivity contribution in [2.24, 2.45) is 0 Å². The Balaban J connectivity index is 1.53. The normalized spacial score (nSPS) is 15.1. The molecule has 1 unspecified atom stereocenters. The van der Waals surface area contributed by atoms with Gasteiger partial charge in [-0.1, -0.05) is 42.5 Å². The van der Waals surface area contributed by atoms with E-state index in [4.69, 9.17) is 4.98 Å². The monoisotopic (exact) mass is 491 g/mol. The number of hydrogen-bond donors (Lipinski definition) is 2. The highest BCUT2D eigenvalue weighted by molar-refractivity contribution is 5.81. The van der Waals surface area contributed by atoms with Crippen LogP contribution in [0.5, 0.6) is 0 Å². The number of imidazole rings is 1. The predicted molar refractivity (Wildman–Crippen MR) is 137 cm³/mol. The fraction of sp³-hybridized carbons (Fsp3) is 0.286. The van der Waals surface area contributed by atoms with Crippen LogP contribution in [0.3, 0.4) is 0 Å². The van der Waals surface area contributed by atoms with Gasteiger partial charge in [-0.05, 0) is 56.0 Å². The molecule has 1 saturated heterocycles. The Labute approximate surface area is 208 Å². The highest BCUT2D eigenvalue weighted by Gasteiger charge is 2.31. The highest BCUT2D eigenvalue weighted by Crippen LogP contribution is 2.37. The summed E-state index contributed by atoms with van der Waals surface area (Å²) in [7, 11) is 0. The van der Waals surface area contributed by atoms with Crippen LogP contribution in [0.2, 0.25) is 0 Å². The molecule has 0 spiro atoms. The van der Waals surface area contributed by atoms with Crippen molar-refractivity contribution in [2.45, 2.75) is 38.4 Å². The molecule has 1 fully saturated rings. The van der Waals surface area contributed by atoms with Gasteiger partial charge in [-0.15, -0.1) is 0 Å². The second-order valence-electron chi connectivity index (χ2n) is 9.12. The first-order chi connectivity index (χ1) is 17.4. The fourth-order valence-electron chi connectivity index (χ4n) is 4.59. The van der Waals surface area contributed by atoms with Gasteiger partial charge >= 0.3 is 6.18 Å². The Morgan fingerprint density at radius 1 is 0.917 bits per heavy atom. The number of halogens is 3. The van der Waals surface area contributed by atoms with Crippen LogP contribution in [0, 0.1) is 0 Å². The van der Waals surface area contributed by atoms with Crippen LogP contribution in [0.1, 0.15) is 43.4 Å². The number of H-pyrrole nitrogens is 1. The van der Waals surface area contributed by atoms with Crippen molar-refractivity contribution in [1.29, 1.82) is 0 Å². The Morgan fingerprint density at radius 3 is 2.44 bits per heavy atom. The van der Waals surface area contributed by atoms with Gasteiger partial charge in [0.25, 0.3) is 0 Å². The number of rotatable bonds is 6. The van der Waals surface area contributed by atoms with Gasteiger partial charge in [-0.2, -0.15) is 13.2 Å². The molecule has 0 amide bonds. The van der Waals surface area contributed by atoms with Crippen molar-refractivity contribution in [2.75, 3.05) is 23.3 Å². The van der Waals surface area contributed by atoms with E-state index >= 15 is 0 Å². The van der Waals surface area contributed by atoms with E-state index in [-0.39, 0.29) is 6.04 Å². The van der Waals surface area contributed by atoms with E-state index < -0.39 is 11.7 Å². The number of anilines is 2. The topological polar surface area (TPSA) is 56.8 Å². The minimum atomic E-state index is -4.43. The first-order valence-electron chi connectivity index (χ1n) is 12.2. The molecule has 5 rings (SSSR count). The smallest absolute Gasteiger partial charge is 0.364 e. The van der Waals surface area contributed by atoms with Crippen LogP contribution in [-0.4, -0.2) is 28.0 Å². The van der Waals surface area contributed by atoms with Gasteiger partial charge < -0.3 is 15.2 Å². The van der Waals surface area contributed by atoms with E-state index in [0.29, 0.717) is 28.7 Å². The molecule has 1 atom stereocenters. The summed E-state index contributed by atoms with van der Waals surface area (Å²) in [6.45, 7) is 3.79. The highest BCUT2D eigenvalue weighted by atomic mass is 19.4. The van der Waals surface area contributed by atoms with Gasteiger partial charge in [0.2, 0.25) is 5.95 Å². The second-order valence-corrected chi connectivity index (χ2v) is 9.12. The molecular formula is C28H28F3N5. The Bertz CT molecular complexity index is 1310. The molecule has 1 aliphatic heterocycles. The van der Waals surface area contributed by atoms with Crippen molar-refractivity contribution in [3.63, 3.8) is 0 Å². The average Bonchev–Trinajstić information content (AvgIpc) is 3.35. The van der Waals surface area contributed by atoms with E-state index in [1.54, 1.807) is 12.3 Å².